The molecule has 0 aliphatic rings. The van der Waals surface area contributed by atoms with Crippen LogP contribution in [-0.4, -0.2) is 17.5 Å². The SMILES string of the molecule is CCOc1cccc2cc(-c3csc(NC(=O)c4cccc(Oc5ccccc5)c4)n3)oc12. The summed E-state index contributed by atoms with van der Waals surface area (Å²) in [5.41, 5.74) is 1.81. The number of anilines is 1. The largest absolute Gasteiger partial charge is 0.490 e. The molecule has 6 nitrogen and oxygen atoms in total. The molecule has 0 atom stereocenters. The van der Waals surface area contributed by atoms with Crippen molar-refractivity contribution < 1.29 is 18.7 Å². The Morgan fingerprint density at radius 1 is 1.00 bits per heavy atom. The fourth-order valence-electron chi connectivity index (χ4n) is 3.37. The van der Waals surface area contributed by atoms with Gasteiger partial charge in [0.25, 0.3) is 5.91 Å². The lowest BCUT2D eigenvalue weighted by atomic mass is 10.2. The molecule has 0 saturated carbocycles. The van der Waals surface area contributed by atoms with Crippen LogP contribution >= 0.6 is 11.3 Å². The lowest BCUT2D eigenvalue weighted by molar-refractivity contribution is 0.102. The van der Waals surface area contributed by atoms with E-state index in [2.05, 4.69) is 10.3 Å². The van der Waals surface area contributed by atoms with E-state index in [9.17, 15) is 4.79 Å². The predicted octanol–water partition coefficient (Wildman–Crippen LogP) is 7.00. The van der Waals surface area contributed by atoms with Crippen LogP contribution in [-0.2, 0) is 0 Å². The normalized spacial score (nSPS) is 10.8. The molecule has 0 aliphatic heterocycles. The summed E-state index contributed by atoms with van der Waals surface area (Å²) in [6.07, 6.45) is 0. The number of ether oxygens (including phenoxy) is 2. The van der Waals surface area contributed by atoms with Gasteiger partial charge in [0.1, 0.15) is 17.2 Å². The molecule has 3 aromatic carbocycles. The Morgan fingerprint density at radius 3 is 2.67 bits per heavy atom. The molecule has 0 unspecified atom stereocenters. The monoisotopic (exact) mass is 456 g/mol. The van der Waals surface area contributed by atoms with Crippen LogP contribution in [0.3, 0.4) is 0 Å². The fraction of sp³-hybridized carbons (Fsp3) is 0.0769. The summed E-state index contributed by atoms with van der Waals surface area (Å²) in [6.45, 7) is 2.49. The summed E-state index contributed by atoms with van der Waals surface area (Å²) >= 11 is 1.33. The quantitative estimate of drug-likeness (QED) is 0.285. The molecule has 0 fully saturated rings. The van der Waals surface area contributed by atoms with E-state index in [-0.39, 0.29) is 5.91 Å². The van der Waals surface area contributed by atoms with Gasteiger partial charge in [-0.15, -0.1) is 11.3 Å². The number of hydrogen-bond donors (Lipinski definition) is 1. The Bertz CT molecular complexity index is 1410. The topological polar surface area (TPSA) is 73.6 Å². The van der Waals surface area contributed by atoms with Crippen molar-refractivity contribution in [2.75, 3.05) is 11.9 Å². The van der Waals surface area contributed by atoms with Gasteiger partial charge >= 0.3 is 0 Å². The number of carbonyl (C=O) groups is 1. The number of thiazole rings is 1. The third kappa shape index (κ3) is 4.58. The van der Waals surface area contributed by atoms with Gasteiger partial charge in [-0.2, -0.15) is 0 Å². The maximum atomic E-state index is 12.8. The molecule has 2 aromatic heterocycles. The molecule has 2 heterocycles. The van der Waals surface area contributed by atoms with Crippen molar-refractivity contribution >= 4 is 33.3 Å². The predicted molar refractivity (Wildman–Crippen MR) is 129 cm³/mol. The minimum absolute atomic E-state index is 0.266. The number of nitrogens with one attached hydrogen (secondary N) is 1. The molecule has 5 rings (SSSR count). The average molecular weight is 457 g/mol. The molecule has 164 valence electrons. The molecule has 33 heavy (non-hydrogen) atoms. The maximum absolute atomic E-state index is 12.8. The smallest absolute Gasteiger partial charge is 0.257 e. The summed E-state index contributed by atoms with van der Waals surface area (Å²) in [5.74, 6) is 2.34. The lowest BCUT2D eigenvalue weighted by Gasteiger charge is -2.07. The van der Waals surface area contributed by atoms with Crippen LogP contribution in [0.25, 0.3) is 22.4 Å². The Hall–Kier alpha value is -4.10. The number of rotatable bonds is 7. The van der Waals surface area contributed by atoms with E-state index < -0.39 is 0 Å². The van der Waals surface area contributed by atoms with E-state index in [0.29, 0.717) is 51.6 Å². The van der Waals surface area contributed by atoms with Gasteiger partial charge in [-0.05, 0) is 49.4 Å². The number of aromatic nitrogens is 1. The Labute approximate surface area is 194 Å². The molecule has 5 aromatic rings. The second-order valence-electron chi connectivity index (χ2n) is 7.15. The third-order valence-corrected chi connectivity index (χ3v) is 5.62. The minimum atomic E-state index is -0.266. The van der Waals surface area contributed by atoms with Crippen molar-refractivity contribution in [1.82, 2.24) is 4.98 Å². The van der Waals surface area contributed by atoms with Crippen molar-refractivity contribution in [2.45, 2.75) is 6.92 Å². The highest BCUT2D eigenvalue weighted by molar-refractivity contribution is 7.14. The average Bonchev–Trinajstić information content (AvgIpc) is 3.48. The number of nitrogens with zero attached hydrogens (tertiary/aromatic N) is 1. The van der Waals surface area contributed by atoms with Gasteiger partial charge in [-0.25, -0.2) is 4.98 Å². The Morgan fingerprint density at radius 2 is 1.82 bits per heavy atom. The van der Waals surface area contributed by atoms with Crippen LogP contribution in [0.15, 0.2) is 88.7 Å². The number of hydrogen-bond acceptors (Lipinski definition) is 6. The van der Waals surface area contributed by atoms with E-state index in [1.165, 1.54) is 11.3 Å². The first-order valence-electron chi connectivity index (χ1n) is 10.4. The molecule has 0 aliphatic carbocycles. The van der Waals surface area contributed by atoms with Gasteiger partial charge in [0, 0.05) is 16.3 Å². The Balaban J connectivity index is 1.32. The number of carbonyl (C=O) groups excluding carboxylic acids is 1. The van der Waals surface area contributed by atoms with Gasteiger partial charge in [-0.1, -0.05) is 36.4 Å². The van der Waals surface area contributed by atoms with Crippen molar-refractivity contribution in [3.05, 3.63) is 89.8 Å². The van der Waals surface area contributed by atoms with Crippen LogP contribution < -0.4 is 14.8 Å². The lowest BCUT2D eigenvalue weighted by Crippen LogP contribution is -2.11. The molecule has 1 amide bonds. The molecular formula is C26H20N2O4S. The standard InChI is InChI=1S/C26H20N2O4S/c1-2-30-22-13-7-8-17-15-23(32-24(17)22)21-16-33-26(27-21)28-25(29)18-9-6-12-20(14-18)31-19-10-4-3-5-11-19/h3-16H,2H2,1H3,(H,27,28,29). The van der Waals surface area contributed by atoms with E-state index in [1.54, 1.807) is 18.2 Å². The Kier molecular flexibility index (Phi) is 5.78. The number of furan rings is 1. The van der Waals surface area contributed by atoms with E-state index >= 15 is 0 Å². The van der Waals surface area contributed by atoms with Crippen LogP contribution in [0.2, 0.25) is 0 Å². The van der Waals surface area contributed by atoms with Crippen molar-refractivity contribution in [3.8, 4) is 28.7 Å². The van der Waals surface area contributed by atoms with E-state index in [0.717, 1.165) is 5.39 Å². The zero-order valence-corrected chi connectivity index (χ0v) is 18.6. The van der Waals surface area contributed by atoms with Gasteiger partial charge in [-0.3, -0.25) is 10.1 Å². The summed E-state index contributed by atoms with van der Waals surface area (Å²) in [5, 5.41) is 6.12. The highest BCUT2D eigenvalue weighted by Gasteiger charge is 2.15. The first-order valence-corrected chi connectivity index (χ1v) is 11.3. The van der Waals surface area contributed by atoms with Crippen LogP contribution in [0, 0.1) is 0 Å². The number of fused-ring (bicyclic) bond motifs is 1. The first kappa shape index (κ1) is 20.8. The van der Waals surface area contributed by atoms with Crippen molar-refractivity contribution in [1.29, 1.82) is 0 Å². The number of benzene rings is 3. The van der Waals surface area contributed by atoms with Crippen molar-refractivity contribution in [3.63, 3.8) is 0 Å². The highest BCUT2D eigenvalue weighted by Crippen LogP contribution is 2.34. The third-order valence-electron chi connectivity index (χ3n) is 4.86. The second-order valence-corrected chi connectivity index (χ2v) is 8.01. The number of amides is 1. The van der Waals surface area contributed by atoms with Gasteiger partial charge in [0.2, 0.25) is 0 Å². The zero-order valence-electron chi connectivity index (χ0n) is 17.8. The molecule has 0 spiro atoms. The van der Waals surface area contributed by atoms with Crippen LogP contribution in [0.5, 0.6) is 17.2 Å². The fourth-order valence-corrected chi connectivity index (χ4v) is 4.07. The summed E-state index contributed by atoms with van der Waals surface area (Å²) in [4.78, 5) is 17.3. The maximum Gasteiger partial charge on any atom is 0.257 e. The molecule has 7 heteroatoms. The first-order chi connectivity index (χ1) is 16.2. The number of para-hydroxylation sites is 2. The van der Waals surface area contributed by atoms with Crippen LogP contribution in [0.1, 0.15) is 17.3 Å². The zero-order chi connectivity index (χ0) is 22.6. The molecule has 1 N–H and O–H groups in total. The van der Waals surface area contributed by atoms with Gasteiger partial charge < -0.3 is 13.9 Å². The summed E-state index contributed by atoms with van der Waals surface area (Å²) in [6, 6.07) is 24.1. The molecule has 0 radical (unpaired) electrons. The summed E-state index contributed by atoms with van der Waals surface area (Å²) < 4.78 is 17.5. The van der Waals surface area contributed by atoms with E-state index in [4.69, 9.17) is 13.9 Å². The highest BCUT2D eigenvalue weighted by atomic mass is 32.1. The van der Waals surface area contributed by atoms with Crippen LogP contribution in [0.4, 0.5) is 5.13 Å². The minimum Gasteiger partial charge on any atom is -0.490 e. The van der Waals surface area contributed by atoms with Crippen molar-refractivity contribution in [2.24, 2.45) is 0 Å². The molecule has 0 bridgehead atoms. The second kappa shape index (κ2) is 9.18. The van der Waals surface area contributed by atoms with Gasteiger partial charge in [0.05, 0.1) is 6.61 Å². The molecule has 0 saturated heterocycles. The molecular weight excluding hydrogens is 436 g/mol. The van der Waals surface area contributed by atoms with Gasteiger partial charge in [0.15, 0.2) is 22.2 Å². The van der Waals surface area contributed by atoms with E-state index in [1.807, 2.05) is 73.0 Å². The summed E-state index contributed by atoms with van der Waals surface area (Å²) in [7, 11) is 0.